The third kappa shape index (κ3) is 8.83. The summed E-state index contributed by atoms with van der Waals surface area (Å²) in [5, 5.41) is 12.1. The Morgan fingerprint density at radius 1 is 0.723 bits per heavy atom. The summed E-state index contributed by atoms with van der Waals surface area (Å²) < 4.78 is 37.9. The van der Waals surface area contributed by atoms with Crippen LogP contribution in [0, 0.1) is 0 Å². The van der Waals surface area contributed by atoms with E-state index in [1.54, 1.807) is 0 Å². The summed E-state index contributed by atoms with van der Waals surface area (Å²) in [7, 11) is 0. The number of benzene rings is 2. The van der Waals surface area contributed by atoms with E-state index >= 15 is 0 Å². The van der Waals surface area contributed by atoms with Gasteiger partial charge in [0.1, 0.15) is 19.3 Å². The first kappa shape index (κ1) is 34.8. The molecule has 47 heavy (non-hydrogen) atoms. The second kappa shape index (κ2) is 15.5. The molecule has 4 rings (SSSR count). The Kier molecular flexibility index (Phi) is 11.5. The van der Waals surface area contributed by atoms with E-state index in [0.717, 1.165) is 49.9 Å². The predicted molar refractivity (Wildman–Crippen MR) is 158 cm³/mol. The molecular formula is C32H35NO14. The number of hydrogen-bond acceptors (Lipinski definition) is 13. The molecule has 15 heteroatoms. The Morgan fingerprint density at radius 3 is 1.79 bits per heavy atom. The lowest BCUT2D eigenvalue weighted by Gasteiger charge is -2.44. The van der Waals surface area contributed by atoms with E-state index in [-0.39, 0.29) is 12.5 Å². The van der Waals surface area contributed by atoms with E-state index in [1.165, 1.54) is 0 Å². The summed E-state index contributed by atoms with van der Waals surface area (Å²) >= 11 is 0. The smallest absolute Gasteiger partial charge is 0.407 e. The Hall–Kier alpha value is -5.02. The summed E-state index contributed by atoms with van der Waals surface area (Å²) in [4.78, 5) is 72.4. The van der Waals surface area contributed by atoms with Gasteiger partial charge >= 0.3 is 35.9 Å². The van der Waals surface area contributed by atoms with Crippen molar-refractivity contribution in [1.82, 2.24) is 5.32 Å². The molecule has 1 heterocycles. The maximum Gasteiger partial charge on any atom is 0.407 e. The fourth-order valence-corrected chi connectivity index (χ4v) is 5.47. The zero-order valence-corrected chi connectivity index (χ0v) is 26.0. The minimum Gasteiger partial charge on any atom is -0.480 e. The number of ether oxygens (including phenoxy) is 7. The van der Waals surface area contributed by atoms with Gasteiger partial charge in [-0.15, -0.1) is 0 Å². The van der Waals surface area contributed by atoms with Crippen molar-refractivity contribution in [3.8, 4) is 11.1 Å². The van der Waals surface area contributed by atoms with Crippen LogP contribution in [-0.2, 0) is 57.1 Å². The number of amides is 1. The molecule has 0 saturated carbocycles. The highest BCUT2D eigenvalue weighted by Crippen LogP contribution is 2.44. The van der Waals surface area contributed by atoms with E-state index in [1.807, 2.05) is 48.5 Å². The number of rotatable bonds is 12. The van der Waals surface area contributed by atoms with Gasteiger partial charge in [-0.1, -0.05) is 48.5 Å². The highest BCUT2D eigenvalue weighted by Gasteiger charge is 2.53. The Balaban J connectivity index is 1.48. The highest BCUT2D eigenvalue weighted by molar-refractivity contribution is 5.81. The minimum atomic E-state index is -1.68. The fraction of sp³-hybridized carbons (Fsp3) is 0.438. The first-order valence-electron chi connectivity index (χ1n) is 14.6. The SMILES string of the molecule is CC(=O)OC[C@@H]1O[C@@H](OC[C@H](NC(=O)OCC2c3ccccc3-c3ccccc32)C(=O)O)[C@@H](OC(C)=O)[C@@H](OC(C)=O)[C@@H]1OC(C)=O. The predicted octanol–water partition coefficient (Wildman–Crippen LogP) is 2.08. The maximum absolute atomic E-state index is 12.8. The third-order valence-electron chi connectivity index (χ3n) is 7.31. The molecule has 0 unspecified atom stereocenters. The zero-order chi connectivity index (χ0) is 34.2. The number of carbonyl (C=O) groups is 6. The van der Waals surface area contributed by atoms with Crippen molar-refractivity contribution in [3.05, 3.63) is 59.7 Å². The molecule has 0 aromatic heterocycles. The van der Waals surface area contributed by atoms with Crippen LogP contribution in [0.3, 0.4) is 0 Å². The molecule has 2 N–H and O–H groups in total. The van der Waals surface area contributed by atoms with E-state index in [9.17, 15) is 33.9 Å². The number of fused-ring (bicyclic) bond motifs is 3. The van der Waals surface area contributed by atoms with Gasteiger partial charge < -0.3 is 43.6 Å². The molecule has 2 aliphatic rings. The fourth-order valence-electron chi connectivity index (χ4n) is 5.47. The number of nitrogens with one attached hydrogen (secondary N) is 1. The maximum atomic E-state index is 12.8. The zero-order valence-electron chi connectivity index (χ0n) is 26.0. The van der Waals surface area contributed by atoms with Gasteiger partial charge in [0.05, 0.1) is 6.61 Å². The van der Waals surface area contributed by atoms with Crippen molar-refractivity contribution in [2.45, 2.75) is 70.4 Å². The van der Waals surface area contributed by atoms with Crippen molar-refractivity contribution >= 4 is 35.9 Å². The van der Waals surface area contributed by atoms with Gasteiger partial charge in [-0.2, -0.15) is 0 Å². The number of esters is 4. The lowest BCUT2D eigenvalue weighted by Crippen LogP contribution is -2.63. The van der Waals surface area contributed by atoms with Crippen LogP contribution in [0.5, 0.6) is 0 Å². The molecule has 0 spiro atoms. The third-order valence-corrected chi connectivity index (χ3v) is 7.31. The van der Waals surface area contributed by atoms with E-state index in [0.29, 0.717) is 0 Å². The molecule has 6 atom stereocenters. The molecule has 1 saturated heterocycles. The second-order valence-electron chi connectivity index (χ2n) is 10.8. The molecule has 2 aromatic rings. The molecule has 0 radical (unpaired) electrons. The molecule has 1 aliphatic heterocycles. The lowest BCUT2D eigenvalue weighted by atomic mass is 9.98. The van der Waals surface area contributed by atoms with Crippen molar-refractivity contribution in [1.29, 1.82) is 0 Å². The molecule has 252 valence electrons. The van der Waals surface area contributed by atoms with Gasteiger partial charge in [-0.3, -0.25) is 19.2 Å². The molecule has 2 aromatic carbocycles. The van der Waals surface area contributed by atoms with Crippen LogP contribution in [0.1, 0.15) is 44.7 Å². The number of aliphatic carboxylic acids is 1. The van der Waals surface area contributed by atoms with E-state index in [2.05, 4.69) is 5.32 Å². The number of hydrogen-bond donors (Lipinski definition) is 2. The van der Waals surface area contributed by atoms with Crippen LogP contribution in [-0.4, -0.2) is 97.6 Å². The highest BCUT2D eigenvalue weighted by atomic mass is 16.7. The van der Waals surface area contributed by atoms with Crippen molar-refractivity contribution < 1.29 is 67.0 Å². The summed E-state index contributed by atoms with van der Waals surface area (Å²) in [6, 6.07) is 13.7. The summed E-state index contributed by atoms with van der Waals surface area (Å²) in [5.74, 6) is -5.01. The van der Waals surface area contributed by atoms with Gasteiger partial charge in [0.15, 0.2) is 30.6 Å². The van der Waals surface area contributed by atoms with Gasteiger partial charge in [0.25, 0.3) is 0 Å². The average Bonchev–Trinajstić information content (AvgIpc) is 3.32. The number of carboxylic acids is 1. The molecule has 1 aliphatic carbocycles. The molecule has 1 amide bonds. The summed E-state index contributed by atoms with van der Waals surface area (Å²) in [6.07, 6.45) is -8.49. The van der Waals surface area contributed by atoms with Crippen LogP contribution in [0.2, 0.25) is 0 Å². The Labute approximate surface area is 269 Å². The van der Waals surface area contributed by atoms with Crippen molar-refractivity contribution in [3.63, 3.8) is 0 Å². The van der Waals surface area contributed by atoms with E-state index < -0.39 is 85.9 Å². The Morgan fingerprint density at radius 2 is 1.26 bits per heavy atom. The topological polar surface area (TPSA) is 199 Å². The van der Waals surface area contributed by atoms with Gasteiger partial charge in [0.2, 0.25) is 0 Å². The van der Waals surface area contributed by atoms with Gasteiger partial charge in [0, 0.05) is 33.6 Å². The van der Waals surface area contributed by atoms with Gasteiger partial charge in [-0.05, 0) is 22.3 Å². The number of alkyl carbamates (subject to hydrolysis) is 1. The largest absolute Gasteiger partial charge is 0.480 e. The molecule has 15 nitrogen and oxygen atoms in total. The summed E-state index contributed by atoms with van der Waals surface area (Å²) in [5.41, 5.74) is 3.95. The standard InChI is InChI=1S/C32H35NO14/c1-16(34)41-15-26-27(44-17(2)35)28(45-18(3)36)29(46-19(4)37)31(47-26)42-14-25(30(38)39)33-32(40)43-13-24-22-11-7-5-9-20(22)21-10-6-8-12-23(21)24/h5-12,24-29,31H,13-15H2,1-4H3,(H,33,40)(H,38,39)/t25-,26-,27+,28-,29-,31+/m0/s1. The lowest BCUT2D eigenvalue weighted by molar-refractivity contribution is -0.308. The summed E-state index contributed by atoms with van der Waals surface area (Å²) in [6.45, 7) is 2.98. The number of carboxylic acid groups (broad SMARTS) is 1. The average molecular weight is 658 g/mol. The molecule has 0 bridgehead atoms. The van der Waals surface area contributed by atoms with Crippen LogP contribution < -0.4 is 5.32 Å². The van der Waals surface area contributed by atoms with Crippen molar-refractivity contribution in [2.75, 3.05) is 19.8 Å². The van der Waals surface area contributed by atoms with Crippen LogP contribution in [0.15, 0.2) is 48.5 Å². The van der Waals surface area contributed by atoms with Crippen LogP contribution >= 0.6 is 0 Å². The van der Waals surface area contributed by atoms with Crippen LogP contribution in [0.25, 0.3) is 11.1 Å². The minimum absolute atomic E-state index is 0.0766. The quantitative estimate of drug-likeness (QED) is 0.248. The number of carbonyl (C=O) groups excluding carboxylic acids is 5. The molecular weight excluding hydrogens is 622 g/mol. The second-order valence-corrected chi connectivity index (χ2v) is 10.8. The van der Waals surface area contributed by atoms with E-state index in [4.69, 9.17) is 33.2 Å². The van der Waals surface area contributed by atoms with Gasteiger partial charge in [-0.25, -0.2) is 9.59 Å². The van der Waals surface area contributed by atoms with Crippen LogP contribution in [0.4, 0.5) is 4.79 Å². The Bertz CT molecular complexity index is 1460. The molecule has 1 fully saturated rings. The normalized spacial score (nSPS) is 22.1. The first-order chi connectivity index (χ1) is 22.3. The monoisotopic (exact) mass is 657 g/mol. The van der Waals surface area contributed by atoms with Crippen molar-refractivity contribution in [2.24, 2.45) is 0 Å². The first-order valence-corrected chi connectivity index (χ1v) is 14.6.